The van der Waals surface area contributed by atoms with Crippen LogP contribution in [0.4, 0.5) is 0 Å². The Hall–Kier alpha value is -1.01. The number of hydrogen-bond acceptors (Lipinski definition) is 5. The van der Waals surface area contributed by atoms with E-state index in [0.717, 1.165) is 41.8 Å². The summed E-state index contributed by atoms with van der Waals surface area (Å²) in [6.45, 7) is 0. The molecule has 1 heterocycles. The minimum atomic E-state index is 0.326. The maximum absolute atomic E-state index is 5.75. The molecule has 3 aliphatic carbocycles. The fourth-order valence-corrected chi connectivity index (χ4v) is 4.84. The van der Waals surface area contributed by atoms with E-state index in [9.17, 15) is 0 Å². The summed E-state index contributed by atoms with van der Waals surface area (Å²) < 4.78 is 0. The van der Waals surface area contributed by atoms with Crippen molar-refractivity contribution in [1.82, 2.24) is 25.6 Å². The number of aromatic nitrogens is 4. The van der Waals surface area contributed by atoms with Gasteiger partial charge in [0.2, 0.25) is 0 Å². The zero-order chi connectivity index (χ0) is 12.3. The predicted molar refractivity (Wildman–Crippen MR) is 64.9 cm³/mol. The number of nitrogens with one attached hydrogen (secondary N) is 1. The molecule has 5 atom stereocenters. The predicted octanol–water partition coefficient (Wildman–Crippen LogP) is -0.123. The molecule has 0 saturated heterocycles. The number of hydrazine groups is 1. The second-order valence-electron chi connectivity index (χ2n) is 6.24. The molecule has 6 nitrogen and oxygen atoms in total. The van der Waals surface area contributed by atoms with Gasteiger partial charge in [0.1, 0.15) is 0 Å². The molecule has 18 heavy (non-hydrogen) atoms. The lowest BCUT2D eigenvalue weighted by molar-refractivity contribution is 0.361. The van der Waals surface area contributed by atoms with Crippen LogP contribution in [0.2, 0.25) is 0 Å². The molecule has 2 bridgehead atoms. The van der Waals surface area contributed by atoms with Crippen LogP contribution in [0.25, 0.3) is 0 Å². The van der Waals surface area contributed by atoms with E-state index in [-0.39, 0.29) is 0 Å². The smallest absolute Gasteiger partial charge is 0.176 e. The van der Waals surface area contributed by atoms with Crippen LogP contribution in [0.5, 0.6) is 0 Å². The van der Waals surface area contributed by atoms with E-state index in [1.165, 1.54) is 24.1 Å². The van der Waals surface area contributed by atoms with Crippen LogP contribution in [0.15, 0.2) is 0 Å². The maximum atomic E-state index is 5.75. The minimum Gasteiger partial charge on any atom is -0.271 e. The summed E-state index contributed by atoms with van der Waals surface area (Å²) in [6.07, 6.45) is 5.18. The van der Waals surface area contributed by atoms with E-state index in [1.807, 2.05) is 0 Å². The van der Waals surface area contributed by atoms with Crippen molar-refractivity contribution in [1.29, 1.82) is 0 Å². The number of tetrazole rings is 1. The molecular weight excluding hydrogens is 228 g/mol. The van der Waals surface area contributed by atoms with E-state index < -0.39 is 0 Å². The first kappa shape index (κ1) is 10.9. The molecule has 3 saturated carbocycles. The molecule has 98 valence electrons. The molecule has 0 aromatic carbocycles. The molecule has 4 rings (SSSR count). The Labute approximate surface area is 106 Å². The van der Waals surface area contributed by atoms with Gasteiger partial charge in [0.05, 0.1) is 7.05 Å². The Morgan fingerprint density at radius 3 is 2.67 bits per heavy atom. The SMILES string of the molecule is Cn1nnc(CC(NN)C2C3C4CCC(C4)C32)n1. The fourth-order valence-electron chi connectivity index (χ4n) is 4.84. The van der Waals surface area contributed by atoms with Crippen LogP contribution in [0.1, 0.15) is 25.1 Å². The first-order valence-corrected chi connectivity index (χ1v) is 6.97. The third-order valence-corrected chi connectivity index (χ3v) is 5.43. The molecule has 6 heteroatoms. The van der Waals surface area contributed by atoms with E-state index in [1.54, 1.807) is 7.05 Å². The molecule has 1 aromatic rings. The van der Waals surface area contributed by atoms with Gasteiger partial charge in [-0.2, -0.15) is 4.80 Å². The average molecular weight is 248 g/mol. The quantitative estimate of drug-likeness (QED) is 0.573. The van der Waals surface area contributed by atoms with Crippen LogP contribution < -0.4 is 11.3 Å². The summed E-state index contributed by atoms with van der Waals surface area (Å²) in [5, 5.41) is 12.2. The van der Waals surface area contributed by atoms with Crippen molar-refractivity contribution in [3.63, 3.8) is 0 Å². The number of fused-ring (bicyclic) bond motifs is 5. The largest absolute Gasteiger partial charge is 0.271 e. The van der Waals surface area contributed by atoms with E-state index in [2.05, 4.69) is 20.8 Å². The Morgan fingerprint density at radius 2 is 2.11 bits per heavy atom. The number of nitrogens with two attached hydrogens (primary N) is 1. The van der Waals surface area contributed by atoms with Gasteiger partial charge in [-0.15, -0.1) is 10.2 Å². The van der Waals surface area contributed by atoms with Crippen LogP contribution in [0.3, 0.4) is 0 Å². The monoisotopic (exact) mass is 248 g/mol. The van der Waals surface area contributed by atoms with Crippen molar-refractivity contribution < 1.29 is 0 Å². The van der Waals surface area contributed by atoms with Gasteiger partial charge in [-0.05, 0) is 54.1 Å². The zero-order valence-electron chi connectivity index (χ0n) is 10.7. The molecule has 3 aliphatic rings. The van der Waals surface area contributed by atoms with Crippen LogP contribution >= 0.6 is 0 Å². The van der Waals surface area contributed by atoms with Crippen molar-refractivity contribution in [3.8, 4) is 0 Å². The molecular formula is C12H20N6. The lowest BCUT2D eigenvalue weighted by Crippen LogP contribution is -2.40. The number of aryl methyl sites for hydroxylation is 1. The highest BCUT2D eigenvalue weighted by Gasteiger charge is 2.66. The molecule has 3 N–H and O–H groups in total. The van der Waals surface area contributed by atoms with Gasteiger partial charge in [-0.3, -0.25) is 11.3 Å². The average Bonchev–Trinajstić information content (AvgIpc) is 2.71. The van der Waals surface area contributed by atoms with E-state index in [4.69, 9.17) is 5.84 Å². The summed E-state index contributed by atoms with van der Waals surface area (Å²) >= 11 is 0. The van der Waals surface area contributed by atoms with Crippen LogP contribution in [-0.4, -0.2) is 26.2 Å². The standard InChI is InChI=1S/C12H20N6/c1-18-16-9(15-17-18)5-8(14-13)12-10-6-2-3-7(4-6)11(10)12/h6-8,10-12,14H,2-5,13H2,1H3. The molecule has 5 unspecified atom stereocenters. The van der Waals surface area contributed by atoms with Crippen molar-refractivity contribution in [2.24, 2.45) is 42.5 Å². The van der Waals surface area contributed by atoms with Gasteiger partial charge in [-0.1, -0.05) is 0 Å². The van der Waals surface area contributed by atoms with Crippen LogP contribution in [0, 0.1) is 29.6 Å². The van der Waals surface area contributed by atoms with Crippen molar-refractivity contribution in [2.75, 3.05) is 0 Å². The maximum Gasteiger partial charge on any atom is 0.176 e. The summed E-state index contributed by atoms with van der Waals surface area (Å²) in [4.78, 5) is 1.51. The molecule has 0 spiro atoms. The highest BCUT2D eigenvalue weighted by atomic mass is 15.6. The van der Waals surface area contributed by atoms with Crippen LogP contribution in [-0.2, 0) is 13.5 Å². The highest BCUT2D eigenvalue weighted by Crippen LogP contribution is 2.70. The Bertz CT molecular complexity index is 441. The molecule has 0 amide bonds. The number of nitrogens with zero attached hydrogens (tertiary/aromatic N) is 4. The van der Waals surface area contributed by atoms with Gasteiger partial charge in [0, 0.05) is 12.5 Å². The third kappa shape index (κ3) is 1.45. The first-order chi connectivity index (χ1) is 8.78. The van der Waals surface area contributed by atoms with E-state index >= 15 is 0 Å². The lowest BCUT2D eigenvalue weighted by Gasteiger charge is -2.18. The van der Waals surface area contributed by atoms with Gasteiger partial charge in [0.25, 0.3) is 0 Å². The summed E-state index contributed by atoms with van der Waals surface area (Å²) in [5.41, 5.74) is 3.00. The summed E-state index contributed by atoms with van der Waals surface area (Å²) in [5.74, 6) is 11.1. The van der Waals surface area contributed by atoms with E-state index in [0.29, 0.717) is 6.04 Å². The highest BCUT2D eigenvalue weighted by molar-refractivity contribution is 5.16. The van der Waals surface area contributed by atoms with Gasteiger partial charge in [-0.25, -0.2) is 0 Å². The molecule has 1 aromatic heterocycles. The Morgan fingerprint density at radius 1 is 1.39 bits per heavy atom. The lowest BCUT2D eigenvalue weighted by atomic mass is 9.96. The molecule has 0 radical (unpaired) electrons. The fraction of sp³-hybridized carbons (Fsp3) is 0.917. The molecule has 3 fully saturated rings. The summed E-state index contributed by atoms with van der Waals surface area (Å²) in [7, 11) is 1.80. The third-order valence-electron chi connectivity index (χ3n) is 5.43. The Balaban J connectivity index is 1.47. The van der Waals surface area contributed by atoms with Gasteiger partial charge < -0.3 is 0 Å². The van der Waals surface area contributed by atoms with Crippen molar-refractivity contribution in [3.05, 3.63) is 5.82 Å². The minimum absolute atomic E-state index is 0.326. The van der Waals surface area contributed by atoms with Gasteiger partial charge >= 0.3 is 0 Å². The van der Waals surface area contributed by atoms with Crippen molar-refractivity contribution in [2.45, 2.75) is 31.7 Å². The second-order valence-corrected chi connectivity index (χ2v) is 6.24. The Kier molecular flexibility index (Phi) is 2.26. The zero-order valence-corrected chi connectivity index (χ0v) is 10.7. The van der Waals surface area contributed by atoms with Crippen molar-refractivity contribution >= 4 is 0 Å². The first-order valence-electron chi connectivity index (χ1n) is 6.97. The second kappa shape index (κ2) is 3.74. The topological polar surface area (TPSA) is 81.7 Å². The normalized spacial score (nSPS) is 42.0. The number of hydrogen-bond donors (Lipinski definition) is 2. The molecule has 0 aliphatic heterocycles. The number of rotatable bonds is 4. The summed E-state index contributed by atoms with van der Waals surface area (Å²) in [6, 6.07) is 0.326. The van der Waals surface area contributed by atoms with Gasteiger partial charge in [0.15, 0.2) is 5.82 Å².